The Bertz CT molecular complexity index is 639. The Balaban J connectivity index is 3.47. The van der Waals surface area contributed by atoms with Crippen LogP contribution in [0.1, 0.15) is 84.5 Å². The average Bonchev–Trinajstić information content (AvgIpc) is 2.66. The van der Waals surface area contributed by atoms with Crippen LogP contribution in [-0.2, 0) is 9.53 Å². The Morgan fingerprint density at radius 2 is 1.50 bits per heavy atom. The van der Waals surface area contributed by atoms with Crippen LogP contribution in [-0.4, -0.2) is 12.1 Å². The summed E-state index contributed by atoms with van der Waals surface area (Å²) in [5, 5.41) is 0. The minimum absolute atomic E-state index is 0.0106. The summed E-state index contributed by atoms with van der Waals surface area (Å²) in [4.78, 5) is 13.1. The predicted molar refractivity (Wildman–Crippen MR) is 123 cm³/mol. The monoisotopic (exact) mass is 444 g/mol. The summed E-state index contributed by atoms with van der Waals surface area (Å²) in [6.07, 6.45) is 16.8. The molecule has 152 valence electrons. The lowest BCUT2D eigenvalue weighted by Crippen LogP contribution is -2.10. The fraction of sp³-hybridized carbons (Fsp3) is 0.560. The largest absolute Gasteiger partial charge is 0.463 e. The second-order valence-electron chi connectivity index (χ2n) is 6.64. The summed E-state index contributed by atoms with van der Waals surface area (Å²) in [6, 6.07) is 0. The molecule has 0 rings (SSSR count). The van der Waals surface area contributed by atoms with E-state index in [0.717, 1.165) is 64.2 Å². The van der Waals surface area contributed by atoms with Gasteiger partial charge in [0.2, 0.25) is 0 Å². The van der Waals surface area contributed by atoms with Crippen molar-refractivity contribution in [2.75, 3.05) is 0 Å². The Hall–Kier alpha value is -1.89. The van der Waals surface area contributed by atoms with E-state index in [1.165, 1.54) is 0 Å². The smallest absolute Gasteiger partial charge is 0.306 e. The van der Waals surface area contributed by atoms with Crippen molar-refractivity contribution in [1.29, 1.82) is 0 Å². The van der Waals surface area contributed by atoms with Crippen LogP contribution in [0, 0.1) is 35.5 Å². The van der Waals surface area contributed by atoms with Crippen molar-refractivity contribution in [3.63, 3.8) is 0 Å². The molecule has 28 heavy (non-hydrogen) atoms. The topological polar surface area (TPSA) is 26.3 Å². The molecule has 0 aliphatic heterocycles. The third kappa shape index (κ3) is 22.2. The van der Waals surface area contributed by atoms with Gasteiger partial charge in [0.05, 0.1) is 6.10 Å². The van der Waals surface area contributed by atoms with Gasteiger partial charge in [0.1, 0.15) is 0 Å². The third-order valence-electron chi connectivity index (χ3n) is 3.64. The van der Waals surface area contributed by atoms with Gasteiger partial charge >= 0.3 is 5.97 Å². The highest BCUT2D eigenvalue weighted by molar-refractivity contribution is 9.11. The number of hydrogen-bond donors (Lipinski definition) is 0. The fourth-order valence-electron chi connectivity index (χ4n) is 2.29. The van der Waals surface area contributed by atoms with E-state index < -0.39 is 0 Å². The van der Waals surface area contributed by atoms with Gasteiger partial charge < -0.3 is 4.74 Å². The van der Waals surface area contributed by atoms with E-state index in [1.54, 1.807) is 11.1 Å². The second kappa shape index (κ2) is 21.4. The van der Waals surface area contributed by atoms with Crippen molar-refractivity contribution < 1.29 is 9.53 Å². The van der Waals surface area contributed by atoms with Crippen molar-refractivity contribution in [3.05, 3.63) is 23.2 Å². The predicted octanol–water partition coefficient (Wildman–Crippen LogP) is 6.70. The molecule has 0 bridgehead atoms. The summed E-state index contributed by atoms with van der Waals surface area (Å²) < 4.78 is 5.11. The first-order valence-corrected chi connectivity index (χ1v) is 11.1. The molecule has 0 fully saturated rings. The van der Waals surface area contributed by atoms with E-state index in [9.17, 15) is 4.79 Å². The lowest BCUT2D eigenvalue weighted by Gasteiger charge is -2.07. The van der Waals surface area contributed by atoms with Crippen LogP contribution in [0.3, 0.4) is 0 Å². The van der Waals surface area contributed by atoms with Gasteiger partial charge in [0, 0.05) is 19.3 Å². The van der Waals surface area contributed by atoms with Crippen molar-refractivity contribution in [2.24, 2.45) is 0 Å². The zero-order valence-corrected chi connectivity index (χ0v) is 18.9. The second-order valence-corrected chi connectivity index (χ2v) is 7.17. The first-order chi connectivity index (χ1) is 13.7. The molecule has 0 aliphatic carbocycles. The van der Waals surface area contributed by atoms with Gasteiger partial charge in [0.25, 0.3) is 0 Å². The van der Waals surface area contributed by atoms with Crippen molar-refractivity contribution in [3.8, 4) is 35.5 Å². The van der Waals surface area contributed by atoms with Crippen LogP contribution in [0.4, 0.5) is 0 Å². The lowest BCUT2D eigenvalue weighted by molar-refractivity contribution is -0.147. The molecule has 0 aromatic heterocycles. The highest BCUT2D eigenvalue weighted by Crippen LogP contribution is 2.08. The molecular formula is C25H33BrO2. The summed E-state index contributed by atoms with van der Waals surface area (Å²) >= 11 is 3.17. The Morgan fingerprint density at radius 3 is 2.18 bits per heavy atom. The average molecular weight is 445 g/mol. The summed E-state index contributed by atoms with van der Waals surface area (Å²) in [6.45, 7) is 3.76. The molecule has 0 unspecified atom stereocenters. The highest BCUT2D eigenvalue weighted by Gasteiger charge is 2.04. The number of carbonyl (C=O) groups is 1. The number of hydrogen-bond acceptors (Lipinski definition) is 2. The van der Waals surface area contributed by atoms with Crippen LogP contribution in [0.5, 0.6) is 0 Å². The normalized spacial score (nSPS) is 10.1. The quantitative estimate of drug-likeness (QED) is 0.190. The summed E-state index contributed by atoms with van der Waals surface area (Å²) in [5.41, 5.74) is 0. The van der Waals surface area contributed by atoms with E-state index in [2.05, 4.69) is 57.5 Å². The van der Waals surface area contributed by atoms with E-state index in [0.29, 0.717) is 6.42 Å². The number of carbonyl (C=O) groups excluding carboxylic acids is 1. The number of esters is 1. The molecule has 0 atom stereocenters. The third-order valence-corrected chi connectivity index (χ3v) is 3.91. The minimum atomic E-state index is -0.0799. The molecule has 0 heterocycles. The van der Waals surface area contributed by atoms with E-state index in [-0.39, 0.29) is 12.1 Å². The molecular weight excluding hydrogens is 412 g/mol. The Kier molecular flexibility index (Phi) is 20.0. The molecule has 0 N–H and O–H groups in total. The van der Waals surface area contributed by atoms with Crippen molar-refractivity contribution in [1.82, 2.24) is 0 Å². The molecule has 0 aromatic carbocycles. The van der Waals surface area contributed by atoms with Crippen LogP contribution in [0.25, 0.3) is 0 Å². The van der Waals surface area contributed by atoms with E-state index in [4.69, 9.17) is 4.74 Å². The molecule has 0 saturated heterocycles. The van der Waals surface area contributed by atoms with Crippen LogP contribution in [0.15, 0.2) is 23.2 Å². The Morgan fingerprint density at radius 1 is 0.893 bits per heavy atom. The van der Waals surface area contributed by atoms with Crippen molar-refractivity contribution in [2.45, 2.75) is 90.6 Å². The maximum absolute atomic E-state index is 11.4. The number of halogens is 1. The highest BCUT2D eigenvalue weighted by atomic mass is 79.9. The molecule has 0 radical (unpaired) electrons. The maximum Gasteiger partial charge on any atom is 0.306 e. The fourth-order valence-corrected chi connectivity index (χ4v) is 2.43. The lowest BCUT2D eigenvalue weighted by atomic mass is 10.1. The van der Waals surface area contributed by atoms with Gasteiger partial charge in [-0.15, -0.1) is 0 Å². The van der Waals surface area contributed by atoms with Crippen LogP contribution in [0.2, 0.25) is 0 Å². The molecule has 2 nitrogen and oxygen atoms in total. The zero-order chi connectivity index (χ0) is 20.7. The number of unbranched alkanes of at least 4 members (excludes halogenated alkanes) is 8. The molecule has 0 saturated carbocycles. The number of rotatable bonds is 12. The first-order valence-electron chi connectivity index (χ1n) is 10.2. The molecule has 0 spiro atoms. The molecule has 0 amide bonds. The maximum atomic E-state index is 11.4. The summed E-state index contributed by atoms with van der Waals surface area (Å²) in [5.74, 6) is 17.8. The van der Waals surface area contributed by atoms with Gasteiger partial charge in [-0.2, -0.15) is 0 Å². The SMILES string of the molecule is CC(C)OC(=O)CCCCCCCC#CC#CCCCC/C=C/C#C/C=C/Br. The molecule has 0 aromatic rings. The minimum Gasteiger partial charge on any atom is -0.463 e. The molecule has 3 heteroatoms. The standard InChI is InChI=1S/C25H33BrO2/c1-24(2)28-25(27)22-20-18-16-14-12-10-8-6-4-3-5-7-9-11-13-15-17-19-21-23-26/h13,15,21,23-24H,5,7,9-12,14,16,18,20,22H2,1-2H3/b15-13+,23-21+. The van der Waals surface area contributed by atoms with Gasteiger partial charge in [-0.05, 0) is 74.9 Å². The number of allylic oxidation sites excluding steroid dienone is 3. The van der Waals surface area contributed by atoms with Gasteiger partial charge in [-0.3, -0.25) is 4.79 Å². The first kappa shape index (κ1) is 26.1. The Labute approximate surface area is 180 Å². The zero-order valence-electron chi connectivity index (χ0n) is 17.4. The summed E-state index contributed by atoms with van der Waals surface area (Å²) in [7, 11) is 0. The van der Waals surface area contributed by atoms with E-state index >= 15 is 0 Å². The van der Waals surface area contributed by atoms with E-state index in [1.807, 2.05) is 19.9 Å². The van der Waals surface area contributed by atoms with Gasteiger partial charge in [-0.1, -0.05) is 65.0 Å². The van der Waals surface area contributed by atoms with Crippen LogP contribution >= 0.6 is 15.9 Å². The number of ether oxygens (including phenoxy) is 1. The van der Waals surface area contributed by atoms with Gasteiger partial charge in [-0.25, -0.2) is 0 Å². The van der Waals surface area contributed by atoms with Crippen LogP contribution < -0.4 is 0 Å². The van der Waals surface area contributed by atoms with Gasteiger partial charge in [0.15, 0.2) is 0 Å². The van der Waals surface area contributed by atoms with Crippen molar-refractivity contribution >= 4 is 21.9 Å². The molecule has 0 aliphatic rings.